The predicted octanol–water partition coefficient (Wildman–Crippen LogP) is 2.61. The molecule has 108 valence electrons. The highest BCUT2D eigenvalue weighted by molar-refractivity contribution is 7.09. The summed E-state index contributed by atoms with van der Waals surface area (Å²) in [6.07, 6.45) is -2.66. The van der Waals surface area contributed by atoms with Crippen molar-refractivity contribution in [2.24, 2.45) is 7.05 Å². The Balaban J connectivity index is 2.10. The summed E-state index contributed by atoms with van der Waals surface area (Å²) in [7, 11) is 1.38. The van der Waals surface area contributed by atoms with Gasteiger partial charge in [-0.2, -0.15) is 5.10 Å². The summed E-state index contributed by atoms with van der Waals surface area (Å²) < 4.78 is 26.3. The third kappa shape index (κ3) is 3.01. The van der Waals surface area contributed by atoms with Crippen LogP contribution in [0.1, 0.15) is 46.3 Å². The van der Waals surface area contributed by atoms with Crippen LogP contribution < -0.4 is 5.32 Å². The number of nitrogens with zero attached hydrogens (tertiary/aromatic N) is 3. The molecular weight excluding hydrogens is 286 g/mol. The van der Waals surface area contributed by atoms with E-state index in [-0.39, 0.29) is 17.4 Å². The summed E-state index contributed by atoms with van der Waals surface area (Å²) >= 11 is 1.44. The van der Waals surface area contributed by atoms with Crippen molar-refractivity contribution in [1.29, 1.82) is 0 Å². The molecule has 2 heterocycles. The summed E-state index contributed by atoms with van der Waals surface area (Å²) in [5, 5.41) is 9.13. The number of amides is 1. The van der Waals surface area contributed by atoms with Gasteiger partial charge in [-0.3, -0.25) is 9.48 Å². The van der Waals surface area contributed by atoms with E-state index in [1.54, 1.807) is 6.92 Å². The minimum Gasteiger partial charge on any atom is -0.342 e. The van der Waals surface area contributed by atoms with E-state index in [1.165, 1.54) is 18.4 Å². The number of aryl methyl sites for hydroxylation is 2. The quantitative estimate of drug-likeness (QED) is 0.944. The Bertz CT molecular complexity index is 623. The van der Waals surface area contributed by atoms with Gasteiger partial charge in [-0.05, 0) is 19.9 Å². The lowest BCUT2D eigenvalue weighted by Crippen LogP contribution is -2.27. The molecule has 8 heteroatoms. The Morgan fingerprint density at radius 2 is 2.20 bits per heavy atom. The molecule has 0 aliphatic heterocycles. The number of rotatable bonds is 4. The Kier molecular flexibility index (Phi) is 4.12. The average molecular weight is 300 g/mol. The molecule has 2 aromatic rings. The fraction of sp³-hybridized carbons (Fsp3) is 0.417. The molecule has 0 aromatic carbocycles. The maximum atomic E-state index is 12.6. The van der Waals surface area contributed by atoms with Crippen molar-refractivity contribution in [2.45, 2.75) is 26.3 Å². The van der Waals surface area contributed by atoms with Gasteiger partial charge in [0.1, 0.15) is 10.7 Å². The molecule has 0 radical (unpaired) electrons. The first-order valence-electron chi connectivity index (χ1n) is 5.93. The zero-order chi connectivity index (χ0) is 14.9. The lowest BCUT2D eigenvalue weighted by atomic mass is 10.3. The van der Waals surface area contributed by atoms with Crippen LogP contribution in [0.15, 0.2) is 11.4 Å². The molecule has 1 atom stereocenters. The largest absolute Gasteiger partial charge is 0.342 e. The molecule has 0 spiro atoms. The molecule has 0 saturated heterocycles. The molecule has 20 heavy (non-hydrogen) atoms. The van der Waals surface area contributed by atoms with Crippen molar-refractivity contribution < 1.29 is 13.6 Å². The van der Waals surface area contributed by atoms with Crippen molar-refractivity contribution in [2.75, 3.05) is 0 Å². The molecule has 1 unspecified atom stereocenters. The Labute approximate surface area is 118 Å². The van der Waals surface area contributed by atoms with Crippen LogP contribution in [-0.2, 0) is 7.05 Å². The van der Waals surface area contributed by atoms with Crippen LogP contribution in [0, 0.1) is 6.92 Å². The first-order valence-corrected chi connectivity index (χ1v) is 6.81. The maximum absolute atomic E-state index is 12.6. The molecule has 2 rings (SSSR count). The number of carbonyl (C=O) groups excluding carboxylic acids is 1. The summed E-state index contributed by atoms with van der Waals surface area (Å²) in [6, 6.07) is 0.804. The first-order chi connectivity index (χ1) is 9.38. The fourth-order valence-electron chi connectivity index (χ4n) is 1.70. The van der Waals surface area contributed by atoms with Crippen molar-refractivity contribution in [3.05, 3.63) is 33.5 Å². The molecule has 0 fully saturated rings. The van der Waals surface area contributed by atoms with Crippen LogP contribution in [0.2, 0.25) is 0 Å². The summed E-state index contributed by atoms with van der Waals surface area (Å²) in [4.78, 5) is 16.2. The van der Waals surface area contributed by atoms with Crippen LogP contribution in [0.5, 0.6) is 0 Å². The van der Waals surface area contributed by atoms with Crippen LogP contribution in [0.3, 0.4) is 0 Å². The highest BCUT2D eigenvalue weighted by Gasteiger charge is 2.20. The monoisotopic (exact) mass is 300 g/mol. The Morgan fingerprint density at radius 1 is 1.50 bits per heavy atom. The normalized spacial score (nSPS) is 12.7. The van der Waals surface area contributed by atoms with E-state index in [4.69, 9.17) is 0 Å². The van der Waals surface area contributed by atoms with Crippen LogP contribution >= 0.6 is 11.3 Å². The van der Waals surface area contributed by atoms with Gasteiger partial charge in [0, 0.05) is 18.1 Å². The van der Waals surface area contributed by atoms with Gasteiger partial charge >= 0.3 is 0 Å². The second-order valence-electron chi connectivity index (χ2n) is 4.40. The van der Waals surface area contributed by atoms with Gasteiger partial charge < -0.3 is 5.32 Å². The van der Waals surface area contributed by atoms with E-state index < -0.39 is 12.3 Å². The SMILES string of the molecule is Cc1csc(C(C)NC(=O)c2cc(C(F)F)n(C)n2)n1. The topological polar surface area (TPSA) is 59.8 Å². The molecule has 1 amide bonds. The summed E-state index contributed by atoms with van der Waals surface area (Å²) in [6.45, 7) is 3.65. The van der Waals surface area contributed by atoms with E-state index >= 15 is 0 Å². The van der Waals surface area contributed by atoms with Gasteiger partial charge in [0.15, 0.2) is 5.69 Å². The second-order valence-corrected chi connectivity index (χ2v) is 5.29. The van der Waals surface area contributed by atoms with Crippen molar-refractivity contribution in [3.8, 4) is 0 Å². The van der Waals surface area contributed by atoms with E-state index in [0.717, 1.165) is 21.4 Å². The maximum Gasteiger partial charge on any atom is 0.280 e. The molecule has 5 nitrogen and oxygen atoms in total. The van der Waals surface area contributed by atoms with Gasteiger partial charge in [0.2, 0.25) is 0 Å². The number of hydrogen-bond donors (Lipinski definition) is 1. The molecule has 1 N–H and O–H groups in total. The third-order valence-electron chi connectivity index (χ3n) is 2.73. The number of thiazole rings is 1. The van der Waals surface area contributed by atoms with Gasteiger partial charge in [-0.25, -0.2) is 13.8 Å². The van der Waals surface area contributed by atoms with Crippen LogP contribution in [0.25, 0.3) is 0 Å². The molecule has 0 aliphatic carbocycles. The lowest BCUT2D eigenvalue weighted by Gasteiger charge is -2.09. The van der Waals surface area contributed by atoms with Crippen LogP contribution in [-0.4, -0.2) is 20.7 Å². The van der Waals surface area contributed by atoms with Crippen molar-refractivity contribution >= 4 is 17.2 Å². The van der Waals surface area contributed by atoms with Crippen molar-refractivity contribution in [3.63, 3.8) is 0 Å². The Hall–Kier alpha value is -1.83. The number of hydrogen-bond acceptors (Lipinski definition) is 4. The number of alkyl halides is 2. The van der Waals surface area contributed by atoms with E-state index in [2.05, 4.69) is 15.4 Å². The number of halogens is 2. The smallest absolute Gasteiger partial charge is 0.280 e. The standard InChI is InChI=1S/C12H14F2N4OS/c1-6-5-20-12(15-6)7(2)16-11(19)8-4-9(10(13)14)18(3)17-8/h4-5,7,10H,1-3H3,(H,16,19). The van der Waals surface area contributed by atoms with Gasteiger partial charge in [0.25, 0.3) is 12.3 Å². The molecule has 2 aromatic heterocycles. The molecular formula is C12H14F2N4OS. The Morgan fingerprint density at radius 3 is 2.70 bits per heavy atom. The molecule has 0 aliphatic rings. The lowest BCUT2D eigenvalue weighted by molar-refractivity contribution is 0.0934. The van der Waals surface area contributed by atoms with Gasteiger partial charge in [-0.15, -0.1) is 11.3 Å². The van der Waals surface area contributed by atoms with E-state index in [1.807, 2.05) is 12.3 Å². The number of aromatic nitrogens is 3. The summed E-state index contributed by atoms with van der Waals surface area (Å²) in [5.74, 6) is -0.493. The highest BCUT2D eigenvalue weighted by atomic mass is 32.1. The van der Waals surface area contributed by atoms with Gasteiger partial charge in [-0.1, -0.05) is 0 Å². The minimum atomic E-state index is -2.66. The van der Waals surface area contributed by atoms with Gasteiger partial charge in [0.05, 0.1) is 6.04 Å². The average Bonchev–Trinajstić information content (AvgIpc) is 2.95. The van der Waals surface area contributed by atoms with E-state index in [0.29, 0.717) is 0 Å². The molecule has 0 bridgehead atoms. The minimum absolute atomic E-state index is 0.0251. The summed E-state index contributed by atoms with van der Waals surface area (Å²) in [5.41, 5.74) is 0.569. The van der Waals surface area contributed by atoms with Crippen molar-refractivity contribution in [1.82, 2.24) is 20.1 Å². The highest BCUT2D eigenvalue weighted by Crippen LogP contribution is 2.20. The van der Waals surface area contributed by atoms with E-state index in [9.17, 15) is 13.6 Å². The zero-order valence-corrected chi connectivity index (χ0v) is 12.0. The second kappa shape index (κ2) is 5.66. The molecule has 0 saturated carbocycles. The fourth-order valence-corrected chi connectivity index (χ4v) is 2.50. The van der Waals surface area contributed by atoms with Crippen LogP contribution in [0.4, 0.5) is 8.78 Å². The predicted molar refractivity (Wildman–Crippen MR) is 70.9 cm³/mol. The number of carbonyl (C=O) groups is 1. The number of nitrogens with one attached hydrogen (secondary N) is 1. The first kappa shape index (κ1) is 14.6. The zero-order valence-electron chi connectivity index (χ0n) is 11.2. The third-order valence-corrected chi connectivity index (χ3v) is 3.87.